The number of rotatable bonds is 11. The molecule has 18 heavy (non-hydrogen) atoms. The molecule has 0 N–H and O–H groups in total. The molecule has 0 saturated carbocycles. The highest BCUT2D eigenvalue weighted by atomic mass is 14.2. The Kier molecular flexibility index (Phi) is 10.4. The molecule has 0 heteroatoms. The van der Waals surface area contributed by atoms with Crippen LogP contribution in [0.5, 0.6) is 0 Å². The van der Waals surface area contributed by atoms with E-state index in [0.717, 1.165) is 19.3 Å². The lowest BCUT2D eigenvalue weighted by Gasteiger charge is -2.20. The van der Waals surface area contributed by atoms with Crippen molar-refractivity contribution in [1.82, 2.24) is 0 Å². The van der Waals surface area contributed by atoms with Gasteiger partial charge in [-0.05, 0) is 49.9 Å². The minimum absolute atomic E-state index is 0.568. The summed E-state index contributed by atoms with van der Waals surface area (Å²) in [5, 5.41) is 0. The zero-order valence-electron chi connectivity index (χ0n) is 12.3. The van der Waals surface area contributed by atoms with Gasteiger partial charge in [0.15, 0.2) is 0 Å². The van der Waals surface area contributed by atoms with Crippen LogP contribution in [-0.2, 0) is 0 Å². The van der Waals surface area contributed by atoms with Crippen LogP contribution in [0.1, 0.15) is 46.0 Å². The van der Waals surface area contributed by atoms with Crippen molar-refractivity contribution in [1.29, 1.82) is 0 Å². The summed E-state index contributed by atoms with van der Waals surface area (Å²) in [6.45, 7) is 16.2. The first-order valence-corrected chi connectivity index (χ1v) is 7.24. The third-order valence-electron chi connectivity index (χ3n) is 3.58. The average molecular weight is 246 g/mol. The minimum Gasteiger partial charge on any atom is -0.103 e. The summed E-state index contributed by atoms with van der Waals surface area (Å²) < 4.78 is 0. The fourth-order valence-electron chi connectivity index (χ4n) is 2.22. The highest BCUT2D eigenvalue weighted by Gasteiger charge is 2.14. The SMILES string of the molecule is C=CC(CC)CC(C=C)C[C@@H](C=C)C/C=C\CC. The molecule has 0 aromatic rings. The molecule has 0 aliphatic heterocycles. The molecule has 2 unspecified atom stereocenters. The molecule has 3 atom stereocenters. The maximum absolute atomic E-state index is 3.98. The van der Waals surface area contributed by atoms with Crippen LogP contribution < -0.4 is 0 Å². The lowest BCUT2D eigenvalue weighted by Crippen LogP contribution is -2.09. The van der Waals surface area contributed by atoms with Gasteiger partial charge in [-0.2, -0.15) is 0 Å². The summed E-state index contributed by atoms with van der Waals surface area (Å²) in [7, 11) is 0. The Morgan fingerprint density at radius 1 is 0.778 bits per heavy atom. The van der Waals surface area contributed by atoms with Crippen LogP contribution in [0.15, 0.2) is 50.1 Å². The average Bonchev–Trinajstić information content (AvgIpc) is 2.41. The number of hydrogen-bond acceptors (Lipinski definition) is 0. The molecule has 0 bridgehead atoms. The molecule has 0 aliphatic rings. The maximum Gasteiger partial charge on any atom is -0.0196 e. The Labute approximate surface area is 114 Å². The first-order chi connectivity index (χ1) is 8.71. The molecule has 0 fully saturated rings. The van der Waals surface area contributed by atoms with Gasteiger partial charge in [0, 0.05) is 0 Å². The maximum atomic E-state index is 3.98. The second kappa shape index (κ2) is 11.1. The fourth-order valence-corrected chi connectivity index (χ4v) is 2.22. The Bertz CT molecular complexity index is 259. The summed E-state index contributed by atoms with van der Waals surface area (Å²) in [5.41, 5.74) is 0. The summed E-state index contributed by atoms with van der Waals surface area (Å²) in [5.74, 6) is 1.76. The molecule has 0 aliphatic carbocycles. The molecule has 0 heterocycles. The largest absolute Gasteiger partial charge is 0.103 e. The molecule has 0 nitrogen and oxygen atoms in total. The van der Waals surface area contributed by atoms with Crippen molar-refractivity contribution < 1.29 is 0 Å². The van der Waals surface area contributed by atoms with Crippen molar-refractivity contribution in [2.24, 2.45) is 17.8 Å². The van der Waals surface area contributed by atoms with E-state index in [1.54, 1.807) is 0 Å². The molecule has 0 amide bonds. The van der Waals surface area contributed by atoms with E-state index in [1.807, 2.05) is 0 Å². The molecular formula is C18H30. The number of allylic oxidation sites excluding steroid dienone is 5. The van der Waals surface area contributed by atoms with Gasteiger partial charge in [-0.3, -0.25) is 0 Å². The summed E-state index contributed by atoms with van der Waals surface area (Å²) in [6.07, 6.45) is 16.5. The summed E-state index contributed by atoms with van der Waals surface area (Å²) in [4.78, 5) is 0. The van der Waals surface area contributed by atoms with Crippen LogP contribution >= 0.6 is 0 Å². The van der Waals surface area contributed by atoms with Crippen LogP contribution in [0.3, 0.4) is 0 Å². The van der Waals surface area contributed by atoms with Gasteiger partial charge >= 0.3 is 0 Å². The van der Waals surface area contributed by atoms with E-state index in [1.165, 1.54) is 12.8 Å². The van der Waals surface area contributed by atoms with Crippen molar-refractivity contribution >= 4 is 0 Å². The molecule has 0 spiro atoms. The second-order valence-corrected chi connectivity index (χ2v) is 4.98. The van der Waals surface area contributed by atoms with Crippen molar-refractivity contribution in [2.75, 3.05) is 0 Å². The van der Waals surface area contributed by atoms with Crippen LogP contribution in [0.2, 0.25) is 0 Å². The predicted octanol–water partition coefficient (Wildman–Crippen LogP) is 5.94. The smallest absolute Gasteiger partial charge is 0.0196 e. The van der Waals surface area contributed by atoms with Crippen LogP contribution in [0, 0.1) is 17.8 Å². The van der Waals surface area contributed by atoms with Crippen LogP contribution in [-0.4, -0.2) is 0 Å². The van der Waals surface area contributed by atoms with Gasteiger partial charge in [-0.15, -0.1) is 19.7 Å². The molecule has 0 rings (SSSR count). The van der Waals surface area contributed by atoms with Crippen molar-refractivity contribution in [3.8, 4) is 0 Å². The van der Waals surface area contributed by atoms with Gasteiger partial charge in [0.2, 0.25) is 0 Å². The van der Waals surface area contributed by atoms with Crippen molar-refractivity contribution in [3.63, 3.8) is 0 Å². The van der Waals surface area contributed by atoms with Crippen molar-refractivity contribution in [3.05, 3.63) is 50.1 Å². The van der Waals surface area contributed by atoms with E-state index in [-0.39, 0.29) is 0 Å². The van der Waals surface area contributed by atoms with Gasteiger partial charge in [-0.25, -0.2) is 0 Å². The van der Waals surface area contributed by atoms with E-state index < -0.39 is 0 Å². The van der Waals surface area contributed by atoms with Gasteiger partial charge in [0.05, 0.1) is 0 Å². The topological polar surface area (TPSA) is 0 Å². The molecule has 0 saturated heterocycles. The molecule has 102 valence electrons. The Hall–Kier alpha value is -1.04. The van der Waals surface area contributed by atoms with Gasteiger partial charge < -0.3 is 0 Å². The summed E-state index contributed by atoms with van der Waals surface area (Å²) in [6, 6.07) is 0. The zero-order valence-corrected chi connectivity index (χ0v) is 12.3. The quantitative estimate of drug-likeness (QED) is 0.396. The fraction of sp³-hybridized carbons (Fsp3) is 0.556. The van der Waals surface area contributed by atoms with E-state index in [4.69, 9.17) is 0 Å². The summed E-state index contributed by atoms with van der Waals surface area (Å²) >= 11 is 0. The lowest BCUT2D eigenvalue weighted by atomic mass is 9.85. The van der Waals surface area contributed by atoms with E-state index >= 15 is 0 Å². The van der Waals surface area contributed by atoms with Gasteiger partial charge in [0.25, 0.3) is 0 Å². The first kappa shape index (κ1) is 17.0. The standard InChI is InChI=1S/C18H30/c1-6-11-12-13-17(9-4)15-18(10-5)14-16(7-2)8-3/h7,9-12,16-18H,2,4-6,8,13-15H2,1,3H3/b12-11-/t16?,17-,18?/m0/s1. The normalized spacial score (nSPS) is 16.1. The monoisotopic (exact) mass is 246 g/mol. The molecule has 0 aromatic heterocycles. The zero-order chi connectivity index (χ0) is 13.8. The Balaban J connectivity index is 4.29. The van der Waals surface area contributed by atoms with E-state index in [9.17, 15) is 0 Å². The van der Waals surface area contributed by atoms with E-state index in [2.05, 4.69) is 64.0 Å². The first-order valence-electron chi connectivity index (χ1n) is 7.24. The van der Waals surface area contributed by atoms with Gasteiger partial charge in [-0.1, -0.05) is 44.2 Å². The second-order valence-electron chi connectivity index (χ2n) is 4.98. The number of hydrogen-bond donors (Lipinski definition) is 0. The lowest BCUT2D eigenvalue weighted by molar-refractivity contribution is 0.406. The highest BCUT2D eigenvalue weighted by Crippen LogP contribution is 2.26. The molecule has 0 aromatic carbocycles. The highest BCUT2D eigenvalue weighted by molar-refractivity contribution is 4.94. The minimum atomic E-state index is 0.568. The third kappa shape index (κ3) is 7.32. The van der Waals surface area contributed by atoms with E-state index in [0.29, 0.717) is 17.8 Å². The Morgan fingerprint density at radius 2 is 1.33 bits per heavy atom. The van der Waals surface area contributed by atoms with Crippen molar-refractivity contribution in [2.45, 2.75) is 46.0 Å². The van der Waals surface area contributed by atoms with Crippen LogP contribution in [0.4, 0.5) is 0 Å². The third-order valence-corrected chi connectivity index (χ3v) is 3.58. The molecular weight excluding hydrogens is 216 g/mol. The van der Waals surface area contributed by atoms with Crippen LogP contribution in [0.25, 0.3) is 0 Å². The Morgan fingerprint density at radius 3 is 1.78 bits per heavy atom. The predicted molar refractivity (Wildman–Crippen MR) is 84.6 cm³/mol. The van der Waals surface area contributed by atoms with Gasteiger partial charge in [0.1, 0.15) is 0 Å². The molecule has 0 radical (unpaired) electrons.